The lowest BCUT2D eigenvalue weighted by Gasteiger charge is -2.04. The fourth-order valence-corrected chi connectivity index (χ4v) is 3.13. The zero-order chi connectivity index (χ0) is 18.8. The molecule has 4 aromatic rings. The number of halogens is 1. The van der Waals surface area contributed by atoms with Crippen molar-refractivity contribution in [1.82, 2.24) is 0 Å². The molecule has 0 aliphatic rings. The molecule has 4 rings (SSSR count). The Morgan fingerprint density at radius 3 is 2.52 bits per heavy atom. The number of aliphatic imine (C=N–C) groups is 1. The van der Waals surface area contributed by atoms with Crippen molar-refractivity contribution < 1.29 is 14.3 Å². The Hall–Kier alpha value is -3.24. The number of nitrogens with zero attached hydrogens (tertiary/aromatic N) is 1. The van der Waals surface area contributed by atoms with Crippen LogP contribution in [0.2, 0.25) is 5.02 Å². The molecule has 0 spiro atoms. The number of phenols is 1. The third kappa shape index (κ3) is 3.27. The average Bonchev–Trinajstić information content (AvgIpc) is 3.07. The van der Waals surface area contributed by atoms with Crippen LogP contribution in [0.4, 0.5) is 5.88 Å². The fraction of sp³-hybridized carbons (Fsp3) is 0.0455. The van der Waals surface area contributed by atoms with Gasteiger partial charge in [0.05, 0.1) is 18.1 Å². The predicted molar refractivity (Wildman–Crippen MR) is 109 cm³/mol. The Morgan fingerprint density at radius 1 is 1.00 bits per heavy atom. The van der Waals surface area contributed by atoms with E-state index in [0.717, 1.165) is 16.9 Å². The second-order valence-corrected chi connectivity index (χ2v) is 6.35. The highest BCUT2D eigenvalue weighted by atomic mass is 35.5. The number of hydrogen-bond acceptors (Lipinski definition) is 4. The van der Waals surface area contributed by atoms with Crippen LogP contribution >= 0.6 is 11.6 Å². The van der Waals surface area contributed by atoms with Crippen LogP contribution in [-0.2, 0) is 0 Å². The molecule has 27 heavy (non-hydrogen) atoms. The normalized spacial score (nSPS) is 11.3. The molecule has 1 heterocycles. The number of methoxy groups -OCH3 is 1. The van der Waals surface area contributed by atoms with E-state index in [9.17, 15) is 5.11 Å². The van der Waals surface area contributed by atoms with Crippen LogP contribution in [0.3, 0.4) is 0 Å². The van der Waals surface area contributed by atoms with Crippen LogP contribution in [0.5, 0.6) is 11.5 Å². The third-order valence-electron chi connectivity index (χ3n) is 4.28. The quantitative estimate of drug-likeness (QED) is 0.429. The Morgan fingerprint density at radius 2 is 1.78 bits per heavy atom. The van der Waals surface area contributed by atoms with Gasteiger partial charge in [-0.3, -0.25) is 0 Å². The van der Waals surface area contributed by atoms with Gasteiger partial charge in [0.1, 0.15) is 17.1 Å². The van der Waals surface area contributed by atoms with Gasteiger partial charge >= 0.3 is 0 Å². The van der Waals surface area contributed by atoms with E-state index in [1.54, 1.807) is 37.6 Å². The highest BCUT2D eigenvalue weighted by Crippen LogP contribution is 2.44. The van der Waals surface area contributed by atoms with Crippen LogP contribution in [0, 0.1) is 0 Å². The smallest absolute Gasteiger partial charge is 0.228 e. The van der Waals surface area contributed by atoms with Gasteiger partial charge in [0.25, 0.3) is 0 Å². The molecule has 0 saturated carbocycles. The standard InChI is InChI=1S/C22H16ClNO3/c1-26-16-11-9-14(10-12-16)20-21-18(25)7-4-8-19(21)27-22(20)24-13-15-5-2-3-6-17(15)23/h2-13,25H,1H3/b24-13+. The SMILES string of the molecule is COc1ccc(-c2c(/N=C/c3ccccc3Cl)oc3cccc(O)c23)cc1. The molecule has 5 heteroatoms. The lowest BCUT2D eigenvalue weighted by atomic mass is 10.0. The molecule has 134 valence electrons. The Balaban J connectivity index is 1.89. The van der Waals surface area contributed by atoms with E-state index in [1.165, 1.54) is 0 Å². The van der Waals surface area contributed by atoms with E-state index >= 15 is 0 Å². The second-order valence-electron chi connectivity index (χ2n) is 5.94. The van der Waals surface area contributed by atoms with Gasteiger partial charge in [-0.1, -0.05) is 48.0 Å². The second kappa shape index (κ2) is 7.17. The number of furan rings is 1. The molecule has 0 aliphatic heterocycles. The molecule has 1 N–H and O–H groups in total. The van der Waals surface area contributed by atoms with Gasteiger partial charge in [-0.25, -0.2) is 4.99 Å². The maximum Gasteiger partial charge on any atom is 0.228 e. The summed E-state index contributed by atoms with van der Waals surface area (Å²) < 4.78 is 11.1. The molecule has 0 atom stereocenters. The summed E-state index contributed by atoms with van der Waals surface area (Å²) in [6.45, 7) is 0. The summed E-state index contributed by atoms with van der Waals surface area (Å²) in [6, 6.07) is 20.1. The van der Waals surface area contributed by atoms with Crippen molar-refractivity contribution in [1.29, 1.82) is 0 Å². The van der Waals surface area contributed by atoms with E-state index in [-0.39, 0.29) is 5.75 Å². The van der Waals surface area contributed by atoms with Crippen LogP contribution < -0.4 is 4.74 Å². The molecule has 0 fully saturated rings. The van der Waals surface area contributed by atoms with Crippen molar-refractivity contribution >= 4 is 34.7 Å². The predicted octanol–water partition coefficient (Wildman–Crippen LogP) is 6.22. The van der Waals surface area contributed by atoms with E-state index in [1.807, 2.05) is 42.5 Å². The Bertz CT molecular complexity index is 1130. The fourth-order valence-electron chi connectivity index (χ4n) is 2.94. The summed E-state index contributed by atoms with van der Waals surface area (Å²) in [5.41, 5.74) is 2.92. The molecule has 1 aromatic heterocycles. The summed E-state index contributed by atoms with van der Waals surface area (Å²) in [5, 5.41) is 11.6. The lowest BCUT2D eigenvalue weighted by molar-refractivity contribution is 0.415. The number of rotatable bonds is 4. The zero-order valence-corrected chi connectivity index (χ0v) is 15.3. The molecule has 0 radical (unpaired) electrons. The number of fused-ring (bicyclic) bond motifs is 1. The molecule has 0 saturated heterocycles. The minimum atomic E-state index is 0.140. The molecular weight excluding hydrogens is 362 g/mol. The topological polar surface area (TPSA) is 55.0 Å². The van der Waals surface area contributed by atoms with Gasteiger partial charge in [-0.2, -0.15) is 0 Å². The average molecular weight is 378 g/mol. The van der Waals surface area contributed by atoms with Crippen molar-refractivity contribution in [2.45, 2.75) is 0 Å². The van der Waals surface area contributed by atoms with Gasteiger partial charge in [0, 0.05) is 16.8 Å². The maximum absolute atomic E-state index is 10.4. The van der Waals surface area contributed by atoms with Crippen molar-refractivity contribution in [3.8, 4) is 22.6 Å². The lowest BCUT2D eigenvalue weighted by Crippen LogP contribution is -1.84. The van der Waals surface area contributed by atoms with Gasteiger partial charge in [0.15, 0.2) is 0 Å². The first-order valence-corrected chi connectivity index (χ1v) is 8.72. The molecule has 0 bridgehead atoms. The van der Waals surface area contributed by atoms with Crippen molar-refractivity contribution in [3.63, 3.8) is 0 Å². The summed E-state index contributed by atoms with van der Waals surface area (Å²) in [4.78, 5) is 4.52. The van der Waals surface area contributed by atoms with E-state index < -0.39 is 0 Å². The van der Waals surface area contributed by atoms with Gasteiger partial charge < -0.3 is 14.3 Å². The molecule has 3 aromatic carbocycles. The first-order chi connectivity index (χ1) is 13.2. The minimum absolute atomic E-state index is 0.140. The van der Waals surface area contributed by atoms with Crippen LogP contribution in [-0.4, -0.2) is 18.4 Å². The number of aromatic hydroxyl groups is 1. The van der Waals surface area contributed by atoms with Crippen molar-refractivity contribution in [2.75, 3.05) is 7.11 Å². The molecular formula is C22H16ClNO3. The van der Waals surface area contributed by atoms with E-state index in [0.29, 0.717) is 27.4 Å². The van der Waals surface area contributed by atoms with Crippen molar-refractivity contribution in [3.05, 3.63) is 77.3 Å². The third-order valence-corrected chi connectivity index (χ3v) is 4.62. The monoisotopic (exact) mass is 377 g/mol. The van der Waals surface area contributed by atoms with Crippen molar-refractivity contribution in [2.24, 2.45) is 4.99 Å². The largest absolute Gasteiger partial charge is 0.507 e. The number of benzene rings is 3. The number of ether oxygens (including phenoxy) is 1. The van der Waals surface area contributed by atoms with Crippen LogP contribution in [0.15, 0.2) is 76.1 Å². The van der Waals surface area contributed by atoms with E-state index in [4.69, 9.17) is 20.8 Å². The molecule has 0 amide bonds. The first kappa shape index (κ1) is 17.2. The maximum atomic E-state index is 10.4. The Labute approximate surface area is 161 Å². The molecule has 0 aliphatic carbocycles. The van der Waals surface area contributed by atoms with Crippen LogP contribution in [0.25, 0.3) is 22.1 Å². The minimum Gasteiger partial charge on any atom is -0.507 e. The number of hydrogen-bond donors (Lipinski definition) is 1. The molecule has 4 nitrogen and oxygen atoms in total. The Kier molecular flexibility index (Phi) is 4.57. The number of phenolic OH excluding ortho intramolecular Hbond substituents is 1. The first-order valence-electron chi connectivity index (χ1n) is 8.35. The van der Waals surface area contributed by atoms with Gasteiger partial charge in [-0.15, -0.1) is 0 Å². The van der Waals surface area contributed by atoms with Gasteiger partial charge in [-0.05, 0) is 35.9 Å². The van der Waals surface area contributed by atoms with Crippen LogP contribution in [0.1, 0.15) is 5.56 Å². The zero-order valence-electron chi connectivity index (χ0n) is 14.5. The summed E-state index contributed by atoms with van der Waals surface area (Å²) in [7, 11) is 1.62. The highest BCUT2D eigenvalue weighted by molar-refractivity contribution is 6.33. The summed E-state index contributed by atoms with van der Waals surface area (Å²) >= 11 is 6.21. The van der Waals surface area contributed by atoms with E-state index in [2.05, 4.69) is 4.99 Å². The summed E-state index contributed by atoms with van der Waals surface area (Å²) in [5.74, 6) is 1.29. The molecule has 0 unspecified atom stereocenters. The summed E-state index contributed by atoms with van der Waals surface area (Å²) in [6.07, 6.45) is 1.66. The van der Waals surface area contributed by atoms with Gasteiger partial charge in [0.2, 0.25) is 5.88 Å². The highest BCUT2D eigenvalue weighted by Gasteiger charge is 2.18.